The summed E-state index contributed by atoms with van der Waals surface area (Å²) in [7, 11) is 0. The summed E-state index contributed by atoms with van der Waals surface area (Å²) in [5.74, 6) is -1.27. The number of benzene rings is 1. The molecule has 0 aliphatic heterocycles. The van der Waals surface area contributed by atoms with E-state index in [0.29, 0.717) is 12.5 Å². The lowest BCUT2D eigenvalue weighted by Gasteiger charge is -2.15. The van der Waals surface area contributed by atoms with Gasteiger partial charge in [0, 0.05) is 11.8 Å². The number of carbonyl (C=O) groups is 2. The Morgan fingerprint density at radius 1 is 1.38 bits per heavy atom. The van der Waals surface area contributed by atoms with Crippen LogP contribution < -0.4 is 16.4 Å². The van der Waals surface area contributed by atoms with E-state index in [-0.39, 0.29) is 23.5 Å². The summed E-state index contributed by atoms with van der Waals surface area (Å²) in [4.78, 5) is 33.3. The smallest absolute Gasteiger partial charge is 0.321 e. The van der Waals surface area contributed by atoms with Crippen LogP contribution >= 0.6 is 0 Å². The third kappa shape index (κ3) is 6.21. The second-order valence-electron chi connectivity index (χ2n) is 5.81. The van der Waals surface area contributed by atoms with E-state index in [9.17, 15) is 19.7 Å². The fourth-order valence-electron chi connectivity index (χ4n) is 1.97. The van der Waals surface area contributed by atoms with Crippen molar-refractivity contribution in [3.8, 4) is 0 Å². The van der Waals surface area contributed by atoms with E-state index >= 15 is 0 Å². The molecule has 9 nitrogen and oxygen atoms in total. The number of rotatable bonds is 9. The van der Waals surface area contributed by atoms with Crippen molar-refractivity contribution in [2.45, 2.75) is 32.7 Å². The molecule has 1 amide bonds. The van der Waals surface area contributed by atoms with Crippen molar-refractivity contribution in [2.24, 2.45) is 5.92 Å². The van der Waals surface area contributed by atoms with Crippen LogP contribution in [0.1, 0.15) is 26.7 Å². The molecule has 0 aliphatic rings. The number of carbonyl (C=O) groups excluding carboxylic acids is 1. The second kappa shape index (κ2) is 8.82. The highest BCUT2D eigenvalue weighted by Gasteiger charge is 2.21. The van der Waals surface area contributed by atoms with E-state index < -0.39 is 22.8 Å². The SMILES string of the molecule is CC(C)CCNC(CC(=O)Nc1ccc(N)c([N+](=O)[O-])c1)C(=O)O. The molecule has 24 heavy (non-hydrogen) atoms. The minimum atomic E-state index is -1.13. The number of nitrogens with one attached hydrogen (secondary N) is 2. The fourth-order valence-corrected chi connectivity index (χ4v) is 1.97. The van der Waals surface area contributed by atoms with Gasteiger partial charge in [-0.3, -0.25) is 19.7 Å². The van der Waals surface area contributed by atoms with Crippen molar-refractivity contribution in [1.82, 2.24) is 5.32 Å². The van der Waals surface area contributed by atoms with Gasteiger partial charge in [-0.25, -0.2) is 0 Å². The molecule has 5 N–H and O–H groups in total. The van der Waals surface area contributed by atoms with E-state index in [0.717, 1.165) is 12.5 Å². The Hall–Kier alpha value is -2.68. The van der Waals surface area contributed by atoms with Crippen molar-refractivity contribution in [3.05, 3.63) is 28.3 Å². The maximum absolute atomic E-state index is 12.0. The molecule has 1 aromatic rings. The average Bonchev–Trinajstić information content (AvgIpc) is 2.47. The van der Waals surface area contributed by atoms with Gasteiger partial charge in [-0.1, -0.05) is 13.8 Å². The number of carboxylic acids is 1. The zero-order valence-corrected chi connectivity index (χ0v) is 13.6. The molecule has 0 saturated heterocycles. The summed E-state index contributed by atoms with van der Waals surface area (Å²) in [6.45, 7) is 4.51. The molecule has 0 heterocycles. The fraction of sp³-hybridized carbons (Fsp3) is 0.467. The first-order chi connectivity index (χ1) is 11.2. The van der Waals surface area contributed by atoms with Crippen molar-refractivity contribution in [1.29, 1.82) is 0 Å². The predicted molar refractivity (Wildman–Crippen MR) is 89.6 cm³/mol. The van der Waals surface area contributed by atoms with Crippen LogP contribution in [-0.2, 0) is 9.59 Å². The summed E-state index contributed by atoms with van der Waals surface area (Å²) in [6.07, 6.45) is 0.501. The number of nitrogens with two attached hydrogens (primary N) is 1. The van der Waals surface area contributed by atoms with Gasteiger partial charge in [-0.2, -0.15) is 0 Å². The molecule has 1 atom stereocenters. The standard InChI is InChI=1S/C15H22N4O5/c1-9(2)5-6-17-12(15(21)22)8-14(20)18-10-3-4-11(16)13(7-10)19(23)24/h3-4,7,9,12,17H,5-6,8,16H2,1-2H3,(H,18,20)(H,21,22). The maximum Gasteiger partial charge on any atom is 0.321 e. The molecule has 0 aromatic heterocycles. The summed E-state index contributed by atoms with van der Waals surface area (Å²) in [5.41, 5.74) is 5.33. The van der Waals surface area contributed by atoms with Crippen LogP contribution in [0.3, 0.4) is 0 Å². The molecule has 0 spiro atoms. The van der Waals surface area contributed by atoms with Crippen molar-refractivity contribution in [3.63, 3.8) is 0 Å². The maximum atomic E-state index is 12.0. The van der Waals surface area contributed by atoms with Gasteiger partial charge in [-0.15, -0.1) is 0 Å². The van der Waals surface area contributed by atoms with E-state index in [1.54, 1.807) is 0 Å². The number of hydrogen-bond acceptors (Lipinski definition) is 6. The van der Waals surface area contributed by atoms with Crippen LogP contribution in [0.2, 0.25) is 0 Å². The second-order valence-corrected chi connectivity index (χ2v) is 5.81. The molecule has 0 bridgehead atoms. The van der Waals surface area contributed by atoms with Gasteiger partial charge in [0.1, 0.15) is 11.7 Å². The predicted octanol–water partition coefficient (Wildman–Crippen LogP) is 1.59. The van der Waals surface area contributed by atoms with Gasteiger partial charge in [0.05, 0.1) is 11.3 Å². The van der Waals surface area contributed by atoms with Crippen LogP contribution in [-0.4, -0.2) is 34.5 Å². The lowest BCUT2D eigenvalue weighted by Crippen LogP contribution is -2.40. The Kier molecular flexibility index (Phi) is 7.12. The summed E-state index contributed by atoms with van der Waals surface area (Å²) in [6, 6.07) is 2.84. The topological polar surface area (TPSA) is 148 Å². The first-order valence-corrected chi connectivity index (χ1v) is 7.50. The molecule has 0 radical (unpaired) electrons. The van der Waals surface area contributed by atoms with Gasteiger partial charge < -0.3 is 21.5 Å². The lowest BCUT2D eigenvalue weighted by atomic mass is 10.1. The van der Waals surface area contributed by atoms with Crippen LogP contribution in [0, 0.1) is 16.0 Å². The Labute approximate surface area is 139 Å². The number of nitrogens with zero attached hydrogens (tertiary/aromatic N) is 1. The lowest BCUT2D eigenvalue weighted by molar-refractivity contribution is -0.383. The number of nitro benzene ring substituents is 1. The molecule has 0 fully saturated rings. The third-order valence-corrected chi connectivity index (χ3v) is 3.31. The minimum absolute atomic E-state index is 0.0169. The summed E-state index contributed by atoms with van der Waals surface area (Å²) < 4.78 is 0. The normalized spacial score (nSPS) is 12.0. The molecule has 1 aromatic carbocycles. The first kappa shape index (κ1) is 19.4. The Balaban J connectivity index is 2.67. The highest BCUT2D eigenvalue weighted by atomic mass is 16.6. The van der Waals surface area contributed by atoms with Crippen LogP contribution in [0.15, 0.2) is 18.2 Å². The van der Waals surface area contributed by atoms with Gasteiger partial charge in [0.2, 0.25) is 5.91 Å². The molecular formula is C15H22N4O5. The van der Waals surface area contributed by atoms with Crippen LogP contribution in [0.4, 0.5) is 17.1 Å². The molecule has 132 valence electrons. The van der Waals surface area contributed by atoms with Crippen molar-refractivity contribution < 1.29 is 19.6 Å². The highest BCUT2D eigenvalue weighted by molar-refractivity contribution is 5.94. The van der Waals surface area contributed by atoms with Crippen molar-refractivity contribution in [2.75, 3.05) is 17.6 Å². The zero-order valence-electron chi connectivity index (χ0n) is 13.6. The molecule has 9 heteroatoms. The highest BCUT2D eigenvalue weighted by Crippen LogP contribution is 2.25. The number of anilines is 2. The Morgan fingerprint density at radius 3 is 2.58 bits per heavy atom. The average molecular weight is 338 g/mol. The number of aliphatic carboxylic acids is 1. The quantitative estimate of drug-likeness (QED) is 0.303. The third-order valence-electron chi connectivity index (χ3n) is 3.31. The summed E-state index contributed by atoms with van der Waals surface area (Å²) >= 11 is 0. The van der Waals surface area contributed by atoms with Crippen molar-refractivity contribution >= 4 is 28.9 Å². The van der Waals surface area contributed by atoms with Gasteiger partial charge in [-0.05, 0) is 31.0 Å². The minimum Gasteiger partial charge on any atom is -0.480 e. The van der Waals surface area contributed by atoms with Crippen LogP contribution in [0.25, 0.3) is 0 Å². The van der Waals surface area contributed by atoms with Gasteiger partial charge >= 0.3 is 5.97 Å². The first-order valence-electron chi connectivity index (χ1n) is 7.50. The number of hydrogen-bond donors (Lipinski definition) is 4. The molecular weight excluding hydrogens is 316 g/mol. The van der Waals surface area contributed by atoms with Gasteiger partial charge in [0.15, 0.2) is 0 Å². The monoisotopic (exact) mass is 338 g/mol. The zero-order chi connectivity index (χ0) is 18.3. The number of nitrogen functional groups attached to an aromatic ring is 1. The Bertz CT molecular complexity index is 618. The largest absolute Gasteiger partial charge is 0.480 e. The van der Waals surface area contributed by atoms with E-state index in [4.69, 9.17) is 10.8 Å². The molecule has 0 saturated carbocycles. The Morgan fingerprint density at radius 2 is 2.04 bits per heavy atom. The van der Waals surface area contributed by atoms with E-state index in [2.05, 4.69) is 10.6 Å². The van der Waals surface area contributed by atoms with Crippen LogP contribution in [0.5, 0.6) is 0 Å². The molecule has 1 unspecified atom stereocenters. The van der Waals surface area contributed by atoms with Gasteiger partial charge in [0.25, 0.3) is 5.69 Å². The van der Waals surface area contributed by atoms with E-state index in [1.807, 2.05) is 13.8 Å². The van der Waals surface area contributed by atoms with E-state index in [1.165, 1.54) is 12.1 Å². The summed E-state index contributed by atoms with van der Waals surface area (Å²) in [5, 5.41) is 25.2. The molecule has 0 aliphatic carbocycles. The number of amides is 1. The molecule has 1 rings (SSSR count). The number of carboxylic acid groups (broad SMARTS) is 1. The number of nitro groups is 1.